The molecule has 1 atom stereocenters. The van der Waals surface area contributed by atoms with Crippen LogP contribution in [0.4, 0.5) is 0 Å². The van der Waals surface area contributed by atoms with Gasteiger partial charge in [-0.2, -0.15) is 11.8 Å². The van der Waals surface area contributed by atoms with Gasteiger partial charge < -0.3 is 11.1 Å². The Labute approximate surface area is 114 Å². The van der Waals surface area contributed by atoms with Crippen molar-refractivity contribution in [3.63, 3.8) is 0 Å². The second kappa shape index (κ2) is 9.00. The van der Waals surface area contributed by atoms with Crippen LogP contribution < -0.4 is 11.1 Å². The van der Waals surface area contributed by atoms with Crippen LogP contribution in [0, 0.1) is 0 Å². The SMILES string of the molecule is CSCCCCNC(=O)C(N)Cc1ccccc1. The molecule has 3 nitrogen and oxygen atoms in total. The molecule has 0 saturated heterocycles. The lowest BCUT2D eigenvalue weighted by atomic mass is 10.1. The van der Waals surface area contributed by atoms with Gasteiger partial charge >= 0.3 is 0 Å². The van der Waals surface area contributed by atoms with Crippen molar-refractivity contribution in [2.45, 2.75) is 25.3 Å². The molecule has 0 spiro atoms. The molecule has 1 rings (SSSR count). The Morgan fingerprint density at radius 3 is 2.72 bits per heavy atom. The van der Waals surface area contributed by atoms with E-state index >= 15 is 0 Å². The van der Waals surface area contributed by atoms with Gasteiger partial charge in [-0.15, -0.1) is 0 Å². The van der Waals surface area contributed by atoms with E-state index in [0.717, 1.165) is 30.7 Å². The van der Waals surface area contributed by atoms with E-state index in [-0.39, 0.29) is 5.91 Å². The third-order valence-corrected chi connectivity index (χ3v) is 3.41. The summed E-state index contributed by atoms with van der Waals surface area (Å²) in [4.78, 5) is 11.7. The highest BCUT2D eigenvalue weighted by Crippen LogP contribution is 2.02. The minimum atomic E-state index is -0.451. The number of thioether (sulfide) groups is 1. The number of nitrogens with one attached hydrogen (secondary N) is 1. The van der Waals surface area contributed by atoms with Crippen molar-refractivity contribution >= 4 is 17.7 Å². The van der Waals surface area contributed by atoms with Gasteiger partial charge in [-0.05, 0) is 36.8 Å². The summed E-state index contributed by atoms with van der Waals surface area (Å²) in [5.74, 6) is 1.09. The van der Waals surface area contributed by atoms with Gasteiger partial charge in [0.1, 0.15) is 0 Å². The molecule has 0 aliphatic heterocycles. The van der Waals surface area contributed by atoms with Gasteiger partial charge in [0.25, 0.3) is 0 Å². The predicted molar refractivity (Wildman–Crippen MR) is 78.7 cm³/mol. The monoisotopic (exact) mass is 266 g/mol. The Hall–Kier alpha value is -1.00. The first-order chi connectivity index (χ1) is 8.74. The predicted octanol–water partition coefficient (Wildman–Crippen LogP) is 1.82. The second-order valence-corrected chi connectivity index (χ2v) is 5.27. The Morgan fingerprint density at radius 1 is 1.33 bits per heavy atom. The summed E-state index contributed by atoms with van der Waals surface area (Å²) in [6, 6.07) is 9.41. The van der Waals surface area contributed by atoms with Crippen LogP contribution in [0.5, 0.6) is 0 Å². The number of rotatable bonds is 8. The largest absolute Gasteiger partial charge is 0.355 e. The fraction of sp³-hybridized carbons (Fsp3) is 0.500. The molecule has 0 saturated carbocycles. The molecule has 4 heteroatoms. The number of hydrogen-bond acceptors (Lipinski definition) is 3. The number of amides is 1. The molecule has 0 heterocycles. The molecule has 1 aromatic rings. The molecular formula is C14H22N2OS. The molecule has 3 N–H and O–H groups in total. The van der Waals surface area contributed by atoms with E-state index in [9.17, 15) is 4.79 Å². The third-order valence-electron chi connectivity index (χ3n) is 2.71. The van der Waals surface area contributed by atoms with Gasteiger partial charge in [0.2, 0.25) is 5.91 Å². The topological polar surface area (TPSA) is 55.1 Å². The molecule has 0 aliphatic rings. The summed E-state index contributed by atoms with van der Waals surface area (Å²) in [6.45, 7) is 0.724. The van der Waals surface area contributed by atoms with E-state index in [1.165, 1.54) is 0 Å². The number of carbonyl (C=O) groups is 1. The molecule has 0 radical (unpaired) electrons. The Kier molecular flexibility index (Phi) is 7.53. The summed E-state index contributed by atoms with van der Waals surface area (Å²) in [5, 5.41) is 2.89. The molecule has 0 fully saturated rings. The van der Waals surface area contributed by atoms with Crippen molar-refractivity contribution in [1.29, 1.82) is 0 Å². The van der Waals surface area contributed by atoms with E-state index in [0.29, 0.717) is 6.42 Å². The van der Waals surface area contributed by atoms with Crippen molar-refractivity contribution in [2.24, 2.45) is 5.73 Å². The summed E-state index contributed by atoms with van der Waals surface area (Å²) in [6.07, 6.45) is 4.84. The molecule has 18 heavy (non-hydrogen) atoms. The van der Waals surface area contributed by atoms with Crippen molar-refractivity contribution in [1.82, 2.24) is 5.32 Å². The van der Waals surface area contributed by atoms with Crippen molar-refractivity contribution in [3.8, 4) is 0 Å². The van der Waals surface area contributed by atoms with E-state index in [1.807, 2.05) is 42.1 Å². The van der Waals surface area contributed by atoms with Crippen LogP contribution in [0.1, 0.15) is 18.4 Å². The zero-order valence-corrected chi connectivity index (χ0v) is 11.7. The number of nitrogens with two attached hydrogens (primary N) is 1. The van der Waals surface area contributed by atoms with Gasteiger partial charge in [-0.25, -0.2) is 0 Å². The highest BCUT2D eigenvalue weighted by molar-refractivity contribution is 7.98. The molecule has 1 unspecified atom stereocenters. The minimum absolute atomic E-state index is 0.0528. The van der Waals surface area contributed by atoms with Crippen LogP contribution in [-0.2, 0) is 11.2 Å². The lowest BCUT2D eigenvalue weighted by Gasteiger charge is -2.12. The van der Waals surface area contributed by atoms with E-state index in [1.54, 1.807) is 0 Å². The lowest BCUT2D eigenvalue weighted by Crippen LogP contribution is -2.42. The first-order valence-corrected chi connectivity index (χ1v) is 7.69. The van der Waals surface area contributed by atoms with Crippen molar-refractivity contribution in [2.75, 3.05) is 18.6 Å². The molecule has 0 aliphatic carbocycles. The molecule has 1 amide bonds. The van der Waals surface area contributed by atoms with Gasteiger partial charge in [-0.3, -0.25) is 4.79 Å². The summed E-state index contributed by atoms with van der Waals surface area (Å²) >= 11 is 1.83. The summed E-state index contributed by atoms with van der Waals surface area (Å²) in [5.41, 5.74) is 6.97. The maximum Gasteiger partial charge on any atom is 0.237 e. The van der Waals surface area contributed by atoms with Crippen LogP contribution >= 0.6 is 11.8 Å². The van der Waals surface area contributed by atoms with Gasteiger partial charge in [0.05, 0.1) is 6.04 Å². The standard InChI is InChI=1S/C14H22N2OS/c1-18-10-6-5-9-16-14(17)13(15)11-12-7-3-2-4-8-12/h2-4,7-8,13H,5-6,9-11,15H2,1H3,(H,16,17). The van der Waals surface area contributed by atoms with Gasteiger partial charge in [-0.1, -0.05) is 30.3 Å². The minimum Gasteiger partial charge on any atom is -0.355 e. The van der Waals surface area contributed by atoms with Gasteiger partial charge in [0, 0.05) is 6.54 Å². The quantitative estimate of drug-likeness (QED) is 0.706. The Bertz CT molecular complexity index is 343. The van der Waals surface area contributed by atoms with Crippen LogP contribution in [0.15, 0.2) is 30.3 Å². The highest BCUT2D eigenvalue weighted by Gasteiger charge is 2.12. The first-order valence-electron chi connectivity index (χ1n) is 6.30. The smallest absolute Gasteiger partial charge is 0.237 e. The Balaban J connectivity index is 2.21. The normalized spacial score (nSPS) is 12.1. The first kappa shape index (κ1) is 15.1. The van der Waals surface area contributed by atoms with Crippen LogP contribution in [-0.4, -0.2) is 30.5 Å². The highest BCUT2D eigenvalue weighted by atomic mass is 32.2. The fourth-order valence-electron chi connectivity index (χ4n) is 1.67. The Morgan fingerprint density at radius 2 is 2.06 bits per heavy atom. The molecule has 100 valence electrons. The van der Waals surface area contributed by atoms with Crippen LogP contribution in [0.25, 0.3) is 0 Å². The van der Waals surface area contributed by atoms with Crippen molar-refractivity contribution in [3.05, 3.63) is 35.9 Å². The summed E-state index contributed by atoms with van der Waals surface area (Å²) < 4.78 is 0. The zero-order valence-electron chi connectivity index (χ0n) is 10.9. The van der Waals surface area contributed by atoms with Crippen molar-refractivity contribution < 1.29 is 4.79 Å². The number of unbranched alkanes of at least 4 members (excludes halogenated alkanes) is 1. The maximum atomic E-state index is 11.7. The molecule has 0 bridgehead atoms. The molecule has 1 aromatic carbocycles. The maximum absolute atomic E-state index is 11.7. The average Bonchev–Trinajstić information content (AvgIpc) is 2.39. The van der Waals surface area contributed by atoms with Gasteiger partial charge in [0.15, 0.2) is 0 Å². The van der Waals surface area contributed by atoms with E-state index in [4.69, 9.17) is 5.73 Å². The summed E-state index contributed by atoms with van der Waals surface area (Å²) in [7, 11) is 0. The lowest BCUT2D eigenvalue weighted by molar-refractivity contribution is -0.122. The molecule has 0 aromatic heterocycles. The van der Waals surface area contributed by atoms with Crippen LogP contribution in [0.2, 0.25) is 0 Å². The van der Waals surface area contributed by atoms with E-state index in [2.05, 4.69) is 11.6 Å². The van der Waals surface area contributed by atoms with Crippen LogP contribution in [0.3, 0.4) is 0 Å². The zero-order chi connectivity index (χ0) is 13.2. The second-order valence-electron chi connectivity index (χ2n) is 4.29. The van der Waals surface area contributed by atoms with E-state index < -0.39 is 6.04 Å². The fourth-order valence-corrected chi connectivity index (χ4v) is 2.17. The third kappa shape index (κ3) is 6.07. The number of benzene rings is 1. The number of carbonyl (C=O) groups excluding carboxylic acids is 1. The molecular weight excluding hydrogens is 244 g/mol. The number of hydrogen-bond donors (Lipinski definition) is 2. The average molecular weight is 266 g/mol.